The molecule has 0 amide bonds. The summed E-state index contributed by atoms with van der Waals surface area (Å²) in [5, 5.41) is 8.90. The van der Waals surface area contributed by atoms with E-state index in [2.05, 4.69) is 39.1 Å². The van der Waals surface area contributed by atoms with Crippen LogP contribution in [0.4, 0.5) is 5.82 Å². The van der Waals surface area contributed by atoms with Crippen LogP contribution in [0.15, 0.2) is 12.5 Å². The predicted octanol–water partition coefficient (Wildman–Crippen LogP) is 1.27. The monoisotopic (exact) mass is 316 g/mol. The molecule has 7 heteroatoms. The summed E-state index contributed by atoms with van der Waals surface area (Å²) in [6.45, 7) is 8.48. The van der Waals surface area contributed by atoms with Crippen molar-refractivity contribution < 1.29 is 4.74 Å². The molecule has 1 saturated carbocycles. The summed E-state index contributed by atoms with van der Waals surface area (Å²) in [6.07, 6.45) is 4.58. The second-order valence-corrected chi connectivity index (χ2v) is 7.15. The number of nitrogens with one attached hydrogen (secondary N) is 1. The third kappa shape index (κ3) is 2.38. The van der Waals surface area contributed by atoms with Gasteiger partial charge in [0, 0.05) is 37.6 Å². The van der Waals surface area contributed by atoms with Gasteiger partial charge >= 0.3 is 0 Å². The van der Waals surface area contributed by atoms with Crippen molar-refractivity contribution in [2.45, 2.75) is 32.4 Å². The third-order valence-corrected chi connectivity index (χ3v) is 5.54. The molecular weight excluding hydrogens is 292 g/mol. The number of hydrogen-bond donors (Lipinski definition) is 1. The minimum atomic E-state index is 0.205. The second-order valence-electron chi connectivity index (χ2n) is 7.15. The number of aromatic nitrogens is 4. The van der Waals surface area contributed by atoms with Crippen molar-refractivity contribution >= 4 is 16.9 Å². The Kier molecular flexibility index (Phi) is 3.50. The van der Waals surface area contributed by atoms with Crippen molar-refractivity contribution in [3.8, 4) is 0 Å². The van der Waals surface area contributed by atoms with Gasteiger partial charge in [-0.2, -0.15) is 5.10 Å². The lowest BCUT2D eigenvalue weighted by Crippen LogP contribution is -2.65. The summed E-state index contributed by atoms with van der Waals surface area (Å²) >= 11 is 0. The zero-order chi connectivity index (χ0) is 16.0. The number of nitrogens with zero attached hydrogens (tertiary/aromatic N) is 5. The first-order chi connectivity index (χ1) is 11.1. The third-order valence-electron chi connectivity index (χ3n) is 5.54. The van der Waals surface area contributed by atoms with E-state index in [1.54, 1.807) is 11.0 Å². The molecule has 2 fully saturated rings. The van der Waals surface area contributed by atoms with Crippen molar-refractivity contribution in [1.82, 2.24) is 24.6 Å². The van der Waals surface area contributed by atoms with Crippen molar-refractivity contribution in [2.24, 2.45) is 12.5 Å². The van der Waals surface area contributed by atoms with E-state index in [9.17, 15) is 0 Å². The molecule has 1 aliphatic heterocycles. The van der Waals surface area contributed by atoms with Crippen molar-refractivity contribution in [3.05, 3.63) is 12.5 Å². The molecule has 4 rings (SSSR count). The van der Waals surface area contributed by atoms with Gasteiger partial charge in [0.05, 0.1) is 24.8 Å². The molecule has 0 spiro atoms. The average molecular weight is 316 g/mol. The van der Waals surface area contributed by atoms with Crippen molar-refractivity contribution in [2.75, 3.05) is 31.6 Å². The zero-order valence-corrected chi connectivity index (χ0v) is 14.0. The summed E-state index contributed by atoms with van der Waals surface area (Å²) in [4.78, 5) is 11.3. The molecule has 124 valence electrons. The van der Waals surface area contributed by atoms with E-state index in [-0.39, 0.29) is 5.41 Å². The van der Waals surface area contributed by atoms with Gasteiger partial charge in [-0.1, -0.05) is 13.8 Å². The van der Waals surface area contributed by atoms with Gasteiger partial charge in [-0.25, -0.2) is 9.97 Å². The van der Waals surface area contributed by atoms with Crippen LogP contribution >= 0.6 is 0 Å². The predicted molar refractivity (Wildman–Crippen MR) is 88.3 cm³/mol. The van der Waals surface area contributed by atoms with E-state index in [4.69, 9.17) is 4.74 Å². The Labute approximate surface area is 136 Å². The van der Waals surface area contributed by atoms with Crippen LogP contribution in [0.2, 0.25) is 0 Å². The maximum Gasteiger partial charge on any atom is 0.163 e. The minimum absolute atomic E-state index is 0.205. The number of aryl methyl sites for hydroxylation is 1. The Balaban J connectivity index is 1.51. The van der Waals surface area contributed by atoms with Gasteiger partial charge in [-0.15, -0.1) is 0 Å². The van der Waals surface area contributed by atoms with Gasteiger partial charge in [0.2, 0.25) is 0 Å². The van der Waals surface area contributed by atoms with Crippen molar-refractivity contribution in [3.63, 3.8) is 0 Å². The zero-order valence-electron chi connectivity index (χ0n) is 14.0. The summed E-state index contributed by atoms with van der Waals surface area (Å²) in [7, 11) is 1.90. The largest absolute Gasteiger partial charge is 0.379 e. The molecule has 0 bridgehead atoms. The molecule has 0 radical (unpaired) electrons. The summed E-state index contributed by atoms with van der Waals surface area (Å²) in [6, 6.07) is 1.02. The lowest BCUT2D eigenvalue weighted by atomic mass is 9.62. The standard InChI is InChI=1S/C16H24N6O/c1-16(2)12(8-13(16)22-4-6-23-7-5-22)20-14-11-9-19-21(3)15(11)18-10-17-14/h9-10,12-13H,4-8H2,1-3H3,(H,17,18,20). The highest BCUT2D eigenvalue weighted by atomic mass is 16.5. The Morgan fingerprint density at radius 3 is 2.78 bits per heavy atom. The van der Waals surface area contributed by atoms with Gasteiger partial charge < -0.3 is 10.1 Å². The Hall–Kier alpha value is -1.73. The highest BCUT2D eigenvalue weighted by Crippen LogP contribution is 2.45. The highest BCUT2D eigenvalue weighted by Gasteiger charge is 2.51. The second kappa shape index (κ2) is 5.42. The molecule has 2 atom stereocenters. The van der Waals surface area contributed by atoms with Gasteiger partial charge in [0.15, 0.2) is 5.65 Å². The number of rotatable bonds is 3. The van der Waals surface area contributed by atoms with Crippen LogP contribution < -0.4 is 5.32 Å². The maximum atomic E-state index is 5.48. The fourth-order valence-electron chi connectivity index (χ4n) is 3.90. The summed E-state index contributed by atoms with van der Waals surface area (Å²) in [5.41, 5.74) is 1.07. The van der Waals surface area contributed by atoms with E-state index in [0.717, 1.165) is 49.6 Å². The van der Waals surface area contributed by atoms with Gasteiger partial charge in [0.25, 0.3) is 0 Å². The Morgan fingerprint density at radius 2 is 2.04 bits per heavy atom. The molecule has 2 aromatic heterocycles. The number of ether oxygens (including phenoxy) is 1. The molecule has 1 saturated heterocycles. The normalized spacial score (nSPS) is 27.8. The summed E-state index contributed by atoms with van der Waals surface area (Å²) in [5.74, 6) is 0.890. The van der Waals surface area contributed by atoms with Crippen LogP contribution in [0.5, 0.6) is 0 Å². The fraction of sp³-hybridized carbons (Fsp3) is 0.688. The quantitative estimate of drug-likeness (QED) is 0.920. The molecule has 23 heavy (non-hydrogen) atoms. The molecule has 3 heterocycles. The first kappa shape index (κ1) is 14.8. The van der Waals surface area contributed by atoms with Crippen LogP contribution in [0.3, 0.4) is 0 Å². The Bertz CT molecular complexity index is 706. The Morgan fingerprint density at radius 1 is 1.26 bits per heavy atom. The SMILES string of the molecule is Cn1ncc2c(NC3CC(N4CCOCC4)C3(C)C)ncnc21. The van der Waals surface area contributed by atoms with E-state index >= 15 is 0 Å². The molecule has 1 aliphatic carbocycles. The molecule has 2 aliphatic rings. The van der Waals surface area contributed by atoms with Crippen LogP contribution in [-0.4, -0.2) is 63.0 Å². The number of fused-ring (bicyclic) bond motifs is 1. The van der Waals surface area contributed by atoms with E-state index in [0.29, 0.717) is 12.1 Å². The molecular formula is C16H24N6O. The number of anilines is 1. The van der Waals surface area contributed by atoms with E-state index in [1.807, 2.05) is 13.2 Å². The molecule has 7 nitrogen and oxygen atoms in total. The lowest BCUT2D eigenvalue weighted by molar-refractivity contribution is -0.0636. The molecule has 2 aromatic rings. The smallest absolute Gasteiger partial charge is 0.163 e. The molecule has 2 unspecified atom stereocenters. The minimum Gasteiger partial charge on any atom is -0.379 e. The van der Waals surface area contributed by atoms with Gasteiger partial charge in [-0.3, -0.25) is 9.58 Å². The first-order valence-electron chi connectivity index (χ1n) is 8.28. The lowest BCUT2D eigenvalue weighted by Gasteiger charge is -2.57. The van der Waals surface area contributed by atoms with Crippen LogP contribution in [0.25, 0.3) is 11.0 Å². The molecule has 0 aromatic carbocycles. The topological polar surface area (TPSA) is 68.1 Å². The van der Waals surface area contributed by atoms with Gasteiger partial charge in [-0.05, 0) is 6.42 Å². The first-order valence-corrected chi connectivity index (χ1v) is 8.28. The van der Waals surface area contributed by atoms with Crippen LogP contribution in [0, 0.1) is 5.41 Å². The average Bonchev–Trinajstić information content (AvgIpc) is 2.94. The number of morpholine rings is 1. The van der Waals surface area contributed by atoms with Crippen LogP contribution in [-0.2, 0) is 11.8 Å². The maximum absolute atomic E-state index is 5.48. The number of hydrogen-bond acceptors (Lipinski definition) is 6. The summed E-state index contributed by atoms with van der Waals surface area (Å²) < 4.78 is 7.26. The van der Waals surface area contributed by atoms with Crippen molar-refractivity contribution in [1.29, 1.82) is 0 Å². The van der Waals surface area contributed by atoms with Gasteiger partial charge in [0.1, 0.15) is 12.1 Å². The van der Waals surface area contributed by atoms with E-state index < -0.39 is 0 Å². The van der Waals surface area contributed by atoms with E-state index in [1.165, 1.54) is 0 Å². The highest BCUT2D eigenvalue weighted by molar-refractivity contribution is 5.86. The molecule has 1 N–H and O–H groups in total. The fourth-order valence-corrected chi connectivity index (χ4v) is 3.90. The van der Waals surface area contributed by atoms with Crippen LogP contribution in [0.1, 0.15) is 20.3 Å².